The van der Waals surface area contributed by atoms with E-state index in [1.807, 2.05) is 0 Å². The van der Waals surface area contributed by atoms with Crippen LogP contribution in [0.4, 0.5) is 17.6 Å². The van der Waals surface area contributed by atoms with Gasteiger partial charge in [-0.3, -0.25) is 0 Å². The third-order valence-corrected chi connectivity index (χ3v) is 4.26. The first-order chi connectivity index (χ1) is 14.3. The lowest BCUT2D eigenvalue weighted by molar-refractivity contribution is -0.137. The van der Waals surface area contributed by atoms with Crippen molar-refractivity contribution in [3.63, 3.8) is 0 Å². The van der Waals surface area contributed by atoms with Gasteiger partial charge in [-0.2, -0.15) is 17.7 Å². The van der Waals surface area contributed by atoms with E-state index in [1.165, 1.54) is 19.2 Å². The number of ether oxygens (including phenoxy) is 2. The van der Waals surface area contributed by atoms with Crippen LogP contribution in [0.2, 0.25) is 5.28 Å². The molecule has 154 valence electrons. The van der Waals surface area contributed by atoms with Gasteiger partial charge in [0.05, 0.1) is 24.4 Å². The second kappa shape index (κ2) is 7.41. The van der Waals surface area contributed by atoms with Crippen LogP contribution in [0.15, 0.2) is 42.6 Å². The van der Waals surface area contributed by atoms with Gasteiger partial charge in [0, 0.05) is 11.6 Å². The number of nitrogens with zero attached hydrogens (tertiary/aromatic N) is 5. The lowest BCUT2D eigenvalue weighted by atomic mass is 10.0. The number of rotatable bonds is 4. The molecule has 0 aliphatic heterocycles. The summed E-state index contributed by atoms with van der Waals surface area (Å²) in [6, 6.07) is 6.69. The summed E-state index contributed by atoms with van der Waals surface area (Å²) in [7, 11) is 1.30. The van der Waals surface area contributed by atoms with Crippen molar-refractivity contribution in [1.82, 2.24) is 24.8 Å². The lowest BCUT2D eigenvalue weighted by Gasteiger charge is -2.15. The van der Waals surface area contributed by atoms with Crippen LogP contribution < -0.4 is 9.47 Å². The number of pyridine rings is 1. The van der Waals surface area contributed by atoms with Crippen LogP contribution in [-0.4, -0.2) is 31.9 Å². The Morgan fingerprint density at radius 2 is 1.83 bits per heavy atom. The molecular formula is C18H10ClF4N5O2. The second-order valence-corrected chi connectivity index (χ2v) is 6.27. The molecule has 0 N–H and O–H groups in total. The van der Waals surface area contributed by atoms with Crippen LogP contribution >= 0.6 is 11.6 Å². The number of methoxy groups -OCH3 is 1. The number of fused-ring (bicyclic) bond motifs is 1. The van der Waals surface area contributed by atoms with E-state index in [4.69, 9.17) is 21.1 Å². The number of halogens is 5. The van der Waals surface area contributed by atoms with Crippen LogP contribution in [0, 0.1) is 5.82 Å². The van der Waals surface area contributed by atoms with Crippen molar-refractivity contribution >= 4 is 17.2 Å². The fourth-order valence-corrected chi connectivity index (χ4v) is 2.86. The van der Waals surface area contributed by atoms with Crippen molar-refractivity contribution in [2.45, 2.75) is 6.18 Å². The lowest BCUT2D eigenvalue weighted by Crippen LogP contribution is -2.06. The zero-order chi connectivity index (χ0) is 21.5. The molecular weight excluding hydrogens is 430 g/mol. The molecule has 0 atom stereocenters. The first-order valence-corrected chi connectivity index (χ1v) is 8.61. The Balaban J connectivity index is 1.87. The normalized spacial score (nSPS) is 11.7. The summed E-state index contributed by atoms with van der Waals surface area (Å²) in [6.07, 6.45) is -3.70. The Morgan fingerprint density at radius 3 is 2.57 bits per heavy atom. The summed E-state index contributed by atoms with van der Waals surface area (Å²) in [5, 5.41) is 11.4. The van der Waals surface area contributed by atoms with Crippen LogP contribution in [0.3, 0.4) is 0 Å². The molecule has 0 aliphatic carbocycles. The average Bonchev–Trinajstić information content (AvgIpc) is 3.07. The highest BCUT2D eigenvalue weighted by Crippen LogP contribution is 2.41. The zero-order valence-corrected chi connectivity index (χ0v) is 15.7. The molecule has 0 unspecified atom stereocenters. The summed E-state index contributed by atoms with van der Waals surface area (Å²) in [4.78, 5) is 3.81. The number of hydrogen-bond acceptors (Lipinski definition) is 6. The fraction of sp³-hybridized carbons (Fsp3) is 0.111. The van der Waals surface area contributed by atoms with Crippen molar-refractivity contribution in [3.05, 3.63) is 59.3 Å². The van der Waals surface area contributed by atoms with Crippen LogP contribution in [-0.2, 0) is 6.18 Å². The van der Waals surface area contributed by atoms with E-state index >= 15 is 0 Å². The number of aromatic nitrogens is 5. The molecule has 0 fully saturated rings. The van der Waals surface area contributed by atoms with Crippen molar-refractivity contribution in [3.8, 4) is 28.6 Å². The highest BCUT2D eigenvalue weighted by atomic mass is 35.5. The van der Waals surface area contributed by atoms with Crippen molar-refractivity contribution in [2.24, 2.45) is 0 Å². The summed E-state index contributed by atoms with van der Waals surface area (Å²) >= 11 is 5.87. The number of benzene rings is 1. The smallest absolute Gasteiger partial charge is 0.416 e. The average molecular weight is 440 g/mol. The van der Waals surface area contributed by atoms with E-state index in [0.29, 0.717) is 5.65 Å². The molecule has 3 heterocycles. The van der Waals surface area contributed by atoms with E-state index in [1.54, 1.807) is 0 Å². The first-order valence-electron chi connectivity index (χ1n) is 8.23. The van der Waals surface area contributed by atoms with Gasteiger partial charge in [-0.1, -0.05) is 0 Å². The monoisotopic (exact) mass is 439 g/mol. The maximum absolute atomic E-state index is 13.8. The van der Waals surface area contributed by atoms with E-state index in [9.17, 15) is 17.6 Å². The number of hydrogen-bond donors (Lipinski definition) is 0. The van der Waals surface area contributed by atoms with Crippen molar-refractivity contribution in [1.29, 1.82) is 0 Å². The van der Waals surface area contributed by atoms with Gasteiger partial charge in [0.2, 0.25) is 17.0 Å². The van der Waals surface area contributed by atoms with Gasteiger partial charge in [0.1, 0.15) is 11.6 Å². The van der Waals surface area contributed by atoms with Gasteiger partial charge in [-0.05, 0) is 41.9 Å². The van der Waals surface area contributed by atoms with Crippen LogP contribution in [0.5, 0.6) is 17.5 Å². The summed E-state index contributed by atoms with van der Waals surface area (Å²) in [5.41, 5.74) is -0.436. The minimum absolute atomic E-state index is 0.00581. The molecule has 4 aromatic rings. The van der Waals surface area contributed by atoms with E-state index < -0.39 is 17.6 Å². The molecule has 30 heavy (non-hydrogen) atoms. The van der Waals surface area contributed by atoms with Gasteiger partial charge in [-0.15, -0.1) is 15.3 Å². The Kier molecular flexibility index (Phi) is 4.90. The molecule has 0 saturated heterocycles. The van der Waals surface area contributed by atoms with E-state index in [0.717, 1.165) is 35.0 Å². The Hall–Kier alpha value is -3.47. The molecule has 0 amide bonds. The standard InChI is InChI=1S/C18H10ClF4N5O2/c1-29-16-12(7-10(20)8-24-16)11-3-2-9(18(21,22)23)6-13(11)30-15-5-4-14-25-26-17(19)28(14)27-15/h2-8H,1H3. The Bertz CT molecular complexity index is 1250. The third-order valence-electron chi connectivity index (χ3n) is 4.03. The third kappa shape index (κ3) is 3.71. The van der Waals surface area contributed by atoms with Gasteiger partial charge < -0.3 is 9.47 Å². The molecule has 0 saturated carbocycles. The van der Waals surface area contributed by atoms with Gasteiger partial charge >= 0.3 is 6.18 Å². The molecule has 0 radical (unpaired) electrons. The summed E-state index contributed by atoms with van der Waals surface area (Å²) in [5.74, 6) is -1.03. The molecule has 0 bridgehead atoms. The highest BCUT2D eigenvalue weighted by Gasteiger charge is 2.32. The van der Waals surface area contributed by atoms with Crippen molar-refractivity contribution in [2.75, 3.05) is 7.11 Å². The minimum atomic E-state index is -4.63. The second-order valence-electron chi connectivity index (χ2n) is 5.93. The zero-order valence-electron chi connectivity index (χ0n) is 15.0. The summed E-state index contributed by atoms with van der Waals surface area (Å²) < 4.78 is 65.5. The maximum atomic E-state index is 13.8. The SMILES string of the molecule is COc1ncc(F)cc1-c1ccc(C(F)(F)F)cc1Oc1ccc2nnc(Cl)n2n1. The minimum Gasteiger partial charge on any atom is -0.481 e. The van der Waals surface area contributed by atoms with E-state index in [-0.39, 0.29) is 33.9 Å². The van der Waals surface area contributed by atoms with Gasteiger partial charge in [0.25, 0.3) is 0 Å². The maximum Gasteiger partial charge on any atom is 0.416 e. The van der Waals surface area contributed by atoms with Crippen molar-refractivity contribution < 1.29 is 27.0 Å². The topological polar surface area (TPSA) is 74.4 Å². The first kappa shape index (κ1) is 19.8. The molecule has 0 spiro atoms. The van der Waals surface area contributed by atoms with Crippen LogP contribution in [0.1, 0.15) is 5.56 Å². The fourth-order valence-electron chi connectivity index (χ4n) is 2.70. The van der Waals surface area contributed by atoms with Gasteiger partial charge in [0.15, 0.2) is 5.65 Å². The molecule has 7 nitrogen and oxygen atoms in total. The number of alkyl halides is 3. The Morgan fingerprint density at radius 1 is 1.03 bits per heavy atom. The predicted molar refractivity (Wildman–Crippen MR) is 97.1 cm³/mol. The van der Waals surface area contributed by atoms with E-state index in [2.05, 4.69) is 20.3 Å². The molecule has 12 heteroatoms. The van der Waals surface area contributed by atoms with Gasteiger partial charge in [-0.25, -0.2) is 9.37 Å². The molecule has 3 aromatic heterocycles. The molecule has 0 aliphatic rings. The predicted octanol–water partition coefficient (Wildman–Crippen LogP) is 4.80. The highest BCUT2D eigenvalue weighted by molar-refractivity contribution is 6.28. The quantitative estimate of drug-likeness (QED) is 0.425. The summed E-state index contributed by atoms with van der Waals surface area (Å²) in [6.45, 7) is 0. The largest absolute Gasteiger partial charge is 0.481 e. The Labute approximate surface area is 170 Å². The molecule has 1 aromatic carbocycles. The van der Waals surface area contributed by atoms with Crippen LogP contribution in [0.25, 0.3) is 16.8 Å². The molecule has 4 rings (SSSR count).